The summed E-state index contributed by atoms with van der Waals surface area (Å²) in [5.41, 5.74) is 0.102. The Balaban J connectivity index is 2.31. The first-order chi connectivity index (χ1) is 8.22. The van der Waals surface area contributed by atoms with E-state index in [4.69, 9.17) is 4.84 Å². The average Bonchev–Trinajstić information content (AvgIpc) is 2.33. The molecule has 1 radical (unpaired) electrons. The van der Waals surface area contributed by atoms with Crippen LogP contribution in [0.1, 0.15) is 31.7 Å². The maximum absolute atomic E-state index is 11.4. The van der Waals surface area contributed by atoms with Gasteiger partial charge in [0.2, 0.25) is 6.29 Å². The van der Waals surface area contributed by atoms with E-state index in [-0.39, 0.29) is 0 Å². The molecule has 1 atom stereocenters. The Morgan fingerprint density at radius 1 is 1.35 bits per heavy atom. The van der Waals surface area contributed by atoms with Gasteiger partial charge in [-0.2, -0.15) is 5.06 Å². The largest absolute Gasteiger partial charge is 0.301 e. The highest BCUT2D eigenvalue weighted by atomic mass is 16.7. The smallest absolute Gasteiger partial charge is 0.227 e. The number of rotatable bonds is 5. The molecule has 1 aliphatic carbocycles. The zero-order valence-corrected chi connectivity index (χ0v) is 10.3. The molecule has 0 unspecified atom stereocenters. The van der Waals surface area contributed by atoms with Crippen LogP contribution in [0.4, 0.5) is 0 Å². The standard InChI is InChI=1S/C14H18NO2/c1-14(11-16,12-7-4-3-5-8-12)15(17-2)13-9-6-10-13/h3-5,7-8,13H,6,9-10H2,1-2H3/t14-/m0/s1. The van der Waals surface area contributed by atoms with Crippen molar-refractivity contribution in [2.75, 3.05) is 7.11 Å². The molecular weight excluding hydrogens is 214 g/mol. The minimum absolute atomic E-state index is 0.326. The van der Waals surface area contributed by atoms with E-state index in [9.17, 15) is 4.79 Å². The molecule has 1 aromatic rings. The van der Waals surface area contributed by atoms with E-state index in [0.29, 0.717) is 6.04 Å². The maximum Gasteiger partial charge on any atom is 0.227 e. The van der Waals surface area contributed by atoms with E-state index in [1.165, 1.54) is 6.42 Å². The molecule has 1 fully saturated rings. The minimum Gasteiger partial charge on any atom is -0.301 e. The fourth-order valence-corrected chi connectivity index (χ4v) is 2.31. The molecule has 0 N–H and O–H groups in total. The number of benzene rings is 1. The zero-order chi connectivity index (χ0) is 12.3. The summed E-state index contributed by atoms with van der Waals surface area (Å²) in [5, 5.41) is 1.79. The molecule has 1 saturated carbocycles. The van der Waals surface area contributed by atoms with Gasteiger partial charge in [-0.05, 0) is 25.3 Å². The molecule has 0 aliphatic heterocycles. The second kappa shape index (κ2) is 4.98. The van der Waals surface area contributed by atoms with Crippen molar-refractivity contribution in [3.05, 3.63) is 35.9 Å². The normalized spacial score (nSPS) is 19.7. The number of carbonyl (C=O) groups excluding carboxylic acids is 1. The minimum atomic E-state index is -0.818. The third kappa shape index (κ3) is 2.13. The van der Waals surface area contributed by atoms with Gasteiger partial charge in [0, 0.05) is 6.04 Å². The quantitative estimate of drug-likeness (QED) is 0.730. The average molecular weight is 232 g/mol. The molecule has 3 nitrogen and oxygen atoms in total. The van der Waals surface area contributed by atoms with Crippen LogP contribution in [-0.4, -0.2) is 24.5 Å². The van der Waals surface area contributed by atoms with E-state index in [2.05, 4.69) is 6.29 Å². The first kappa shape index (κ1) is 12.3. The number of hydroxylamine groups is 2. The van der Waals surface area contributed by atoms with E-state index >= 15 is 0 Å². The Bertz CT molecular complexity index is 375. The number of nitrogens with zero attached hydrogens (tertiary/aromatic N) is 1. The van der Waals surface area contributed by atoms with E-state index < -0.39 is 5.54 Å². The van der Waals surface area contributed by atoms with Gasteiger partial charge in [0.25, 0.3) is 0 Å². The molecule has 0 heterocycles. The van der Waals surface area contributed by atoms with Crippen LogP contribution in [0, 0.1) is 0 Å². The Labute approximate surface area is 102 Å². The van der Waals surface area contributed by atoms with E-state index in [1.54, 1.807) is 12.2 Å². The van der Waals surface area contributed by atoms with Gasteiger partial charge in [-0.3, -0.25) is 4.79 Å². The van der Waals surface area contributed by atoms with Crippen molar-refractivity contribution < 1.29 is 9.63 Å². The summed E-state index contributed by atoms with van der Waals surface area (Å²) in [6, 6.07) is 10.0. The van der Waals surface area contributed by atoms with E-state index in [1.807, 2.05) is 37.3 Å². The molecule has 17 heavy (non-hydrogen) atoms. The molecule has 1 aliphatic rings. The fourth-order valence-electron chi connectivity index (χ4n) is 2.31. The Hall–Kier alpha value is -1.19. The first-order valence-corrected chi connectivity index (χ1v) is 6.00. The highest BCUT2D eigenvalue weighted by Crippen LogP contribution is 2.35. The predicted octanol–water partition coefficient (Wildman–Crippen LogP) is 2.43. The Morgan fingerprint density at radius 2 is 2.00 bits per heavy atom. The molecule has 0 bridgehead atoms. The molecule has 0 spiro atoms. The highest BCUT2D eigenvalue weighted by Gasteiger charge is 2.41. The Morgan fingerprint density at radius 3 is 2.41 bits per heavy atom. The van der Waals surface area contributed by atoms with Crippen LogP contribution >= 0.6 is 0 Å². The van der Waals surface area contributed by atoms with Gasteiger partial charge < -0.3 is 4.84 Å². The number of hydrogen-bond donors (Lipinski definition) is 0. The lowest BCUT2D eigenvalue weighted by atomic mass is 9.86. The summed E-state index contributed by atoms with van der Waals surface area (Å²) in [6.45, 7) is 1.86. The monoisotopic (exact) mass is 232 g/mol. The van der Waals surface area contributed by atoms with Gasteiger partial charge in [0.05, 0.1) is 7.11 Å². The van der Waals surface area contributed by atoms with Crippen molar-refractivity contribution in [1.82, 2.24) is 5.06 Å². The van der Waals surface area contributed by atoms with E-state index in [0.717, 1.165) is 18.4 Å². The second-order valence-corrected chi connectivity index (χ2v) is 4.63. The molecule has 3 heteroatoms. The summed E-state index contributed by atoms with van der Waals surface area (Å²) in [7, 11) is 1.62. The van der Waals surface area contributed by atoms with Crippen molar-refractivity contribution in [1.29, 1.82) is 0 Å². The number of hydrogen-bond acceptors (Lipinski definition) is 3. The summed E-state index contributed by atoms with van der Waals surface area (Å²) in [4.78, 5) is 16.9. The van der Waals surface area contributed by atoms with Crippen LogP contribution in [0.15, 0.2) is 30.3 Å². The summed E-state index contributed by atoms with van der Waals surface area (Å²) in [5.74, 6) is 0. The molecule has 91 valence electrons. The first-order valence-electron chi connectivity index (χ1n) is 6.00. The van der Waals surface area contributed by atoms with Crippen LogP contribution in [0.2, 0.25) is 0 Å². The van der Waals surface area contributed by atoms with Crippen LogP contribution in [-0.2, 0) is 15.2 Å². The van der Waals surface area contributed by atoms with Gasteiger partial charge in [-0.1, -0.05) is 36.8 Å². The van der Waals surface area contributed by atoms with Gasteiger partial charge in [-0.25, -0.2) is 0 Å². The lowest BCUT2D eigenvalue weighted by molar-refractivity contribution is -0.222. The van der Waals surface area contributed by atoms with Gasteiger partial charge >= 0.3 is 0 Å². The molecule has 0 saturated heterocycles. The van der Waals surface area contributed by atoms with Crippen LogP contribution in [0.5, 0.6) is 0 Å². The Kier molecular flexibility index (Phi) is 3.60. The molecule has 0 amide bonds. The summed E-state index contributed by atoms with van der Waals surface area (Å²) >= 11 is 0. The van der Waals surface area contributed by atoms with Crippen LogP contribution < -0.4 is 0 Å². The van der Waals surface area contributed by atoms with Gasteiger partial charge in [0.1, 0.15) is 5.54 Å². The van der Waals surface area contributed by atoms with Crippen molar-refractivity contribution in [2.45, 2.75) is 37.8 Å². The maximum atomic E-state index is 11.4. The lowest BCUT2D eigenvalue weighted by Gasteiger charge is -2.43. The van der Waals surface area contributed by atoms with Crippen molar-refractivity contribution >= 4 is 6.29 Å². The molecule has 1 aromatic carbocycles. The predicted molar refractivity (Wildman–Crippen MR) is 66.0 cm³/mol. The van der Waals surface area contributed by atoms with Crippen molar-refractivity contribution in [3.63, 3.8) is 0 Å². The summed E-state index contributed by atoms with van der Waals surface area (Å²) < 4.78 is 0. The van der Waals surface area contributed by atoms with Gasteiger partial charge in [-0.15, -0.1) is 0 Å². The molecule has 2 rings (SSSR count). The topological polar surface area (TPSA) is 29.5 Å². The third-order valence-corrected chi connectivity index (χ3v) is 3.58. The zero-order valence-electron chi connectivity index (χ0n) is 10.3. The molecular formula is C14H18NO2. The highest BCUT2D eigenvalue weighted by molar-refractivity contribution is 5.67. The summed E-state index contributed by atoms with van der Waals surface area (Å²) in [6.07, 6.45) is 5.51. The third-order valence-electron chi connectivity index (χ3n) is 3.58. The second-order valence-electron chi connectivity index (χ2n) is 4.63. The fraction of sp³-hybridized carbons (Fsp3) is 0.500. The SMILES string of the molecule is CON(C1CCC1)[C@@](C)([C]=O)c1ccccc1. The van der Waals surface area contributed by atoms with Gasteiger partial charge in [0.15, 0.2) is 0 Å². The van der Waals surface area contributed by atoms with Crippen LogP contribution in [0.3, 0.4) is 0 Å². The lowest BCUT2D eigenvalue weighted by Crippen LogP contribution is -2.52. The molecule has 0 aromatic heterocycles. The van der Waals surface area contributed by atoms with Crippen molar-refractivity contribution in [2.24, 2.45) is 0 Å². The van der Waals surface area contributed by atoms with Crippen molar-refractivity contribution in [3.8, 4) is 0 Å². The van der Waals surface area contributed by atoms with Crippen LogP contribution in [0.25, 0.3) is 0 Å².